The molecule has 2 heterocycles. The minimum atomic E-state index is -0.122. The van der Waals surface area contributed by atoms with Crippen LogP contribution in [0.3, 0.4) is 0 Å². The third-order valence-corrected chi connectivity index (χ3v) is 4.05. The summed E-state index contributed by atoms with van der Waals surface area (Å²) in [6.45, 7) is 4.10. The molecule has 134 valence electrons. The fourth-order valence-electron chi connectivity index (χ4n) is 2.50. The first-order valence-electron chi connectivity index (χ1n) is 8.64. The van der Waals surface area contributed by atoms with E-state index in [0.29, 0.717) is 11.8 Å². The van der Waals surface area contributed by atoms with Crippen LogP contribution >= 0.6 is 0 Å². The smallest absolute Gasteiger partial charge is 0.225 e. The van der Waals surface area contributed by atoms with Crippen molar-refractivity contribution in [2.75, 3.05) is 17.2 Å². The molecule has 0 radical (unpaired) electrons. The summed E-state index contributed by atoms with van der Waals surface area (Å²) in [5, 5.41) is 16.1. The van der Waals surface area contributed by atoms with Crippen molar-refractivity contribution in [2.45, 2.75) is 19.9 Å². The molecule has 3 aromatic rings. The van der Waals surface area contributed by atoms with Crippen LogP contribution in [0.15, 0.2) is 60.9 Å². The van der Waals surface area contributed by atoms with Gasteiger partial charge in [0.1, 0.15) is 5.82 Å². The van der Waals surface area contributed by atoms with E-state index >= 15 is 0 Å². The first-order chi connectivity index (χ1) is 12.7. The van der Waals surface area contributed by atoms with E-state index in [-0.39, 0.29) is 18.6 Å². The Hall–Kier alpha value is -2.99. The SMILES string of the molecule is CC(C)[C@@H](CO)Nc1nc(Nc2ccccc2)cc(-c2cccnc2)n1. The van der Waals surface area contributed by atoms with Gasteiger partial charge in [-0.3, -0.25) is 4.98 Å². The van der Waals surface area contributed by atoms with Crippen LogP contribution < -0.4 is 10.6 Å². The van der Waals surface area contributed by atoms with Gasteiger partial charge < -0.3 is 15.7 Å². The molecule has 0 aliphatic carbocycles. The Kier molecular flexibility index (Phi) is 5.76. The van der Waals surface area contributed by atoms with Crippen molar-refractivity contribution in [3.8, 4) is 11.3 Å². The summed E-state index contributed by atoms with van der Waals surface area (Å²) in [6.07, 6.45) is 3.50. The quantitative estimate of drug-likeness (QED) is 0.603. The van der Waals surface area contributed by atoms with Gasteiger partial charge in [0, 0.05) is 29.7 Å². The molecule has 0 saturated carbocycles. The van der Waals surface area contributed by atoms with Crippen LogP contribution in [0.2, 0.25) is 0 Å². The summed E-state index contributed by atoms with van der Waals surface area (Å²) < 4.78 is 0. The molecule has 6 nitrogen and oxygen atoms in total. The Morgan fingerprint density at radius 2 is 1.85 bits per heavy atom. The number of hydrogen-bond acceptors (Lipinski definition) is 6. The molecule has 3 N–H and O–H groups in total. The summed E-state index contributed by atoms with van der Waals surface area (Å²) in [5.41, 5.74) is 2.60. The molecule has 6 heteroatoms. The highest BCUT2D eigenvalue weighted by Gasteiger charge is 2.15. The van der Waals surface area contributed by atoms with Crippen LogP contribution in [0.5, 0.6) is 0 Å². The standard InChI is InChI=1S/C20H23N5O/c1-14(2)18(13-26)24-20-23-17(15-7-6-10-21-12-15)11-19(25-20)22-16-8-4-3-5-9-16/h3-12,14,18,26H,13H2,1-2H3,(H2,22,23,24,25)/t18-/m1/s1. The topological polar surface area (TPSA) is 83.0 Å². The van der Waals surface area contributed by atoms with Gasteiger partial charge in [-0.05, 0) is 30.2 Å². The molecule has 0 bridgehead atoms. The van der Waals surface area contributed by atoms with E-state index in [0.717, 1.165) is 16.9 Å². The number of aromatic nitrogens is 3. The maximum atomic E-state index is 9.60. The van der Waals surface area contributed by atoms with Gasteiger partial charge in [-0.1, -0.05) is 32.0 Å². The van der Waals surface area contributed by atoms with Gasteiger partial charge in [-0.15, -0.1) is 0 Å². The molecule has 3 rings (SSSR count). The van der Waals surface area contributed by atoms with Crippen LogP contribution in [0.1, 0.15) is 13.8 Å². The number of pyridine rings is 1. The summed E-state index contributed by atoms with van der Waals surface area (Å²) in [6, 6.07) is 15.4. The van der Waals surface area contributed by atoms with Crippen LogP contribution in [0.4, 0.5) is 17.5 Å². The molecular weight excluding hydrogens is 326 g/mol. The zero-order chi connectivity index (χ0) is 18.4. The lowest BCUT2D eigenvalue weighted by atomic mass is 10.1. The molecule has 1 atom stereocenters. The molecule has 26 heavy (non-hydrogen) atoms. The molecule has 2 aromatic heterocycles. The fraction of sp³-hybridized carbons (Fsp3) is 0.250. The van der Waals surface area contributed by atoms with Crippen molar-refractivity contribution in [3.05, 3.63) is 60.9 Å². The maximum absolute atomic E-state index is 9.60. The predicted molar refractivity (Wildman–Crippen MR) is 104 cm³/mol. The zero-order valence-corrected chi connectivity index (χ0v) is 14.9. The van der Waals surface area contributed by atoms with E-state index < -0.39 is 0 Å². The highest BCUT2D eigenvalue weighted by Crippen LogP contribution is 2.23. The molecule has 0 aliphatic rings. The molecule has 0 aliphatic heterocycles. The van der Waals surface area contributed by atoms with E-state index in [2.05, 4.69) is 25.6 Å². The van der Waals surface area contributed by atoms with E-state index in [9.17, 15) is 5.11 Å². The van der Waals surface area contributed by atoms with Crippen molar-refractivity contribution in [1.29, 1.82) is 0 Å². The van der Waals surface area contributed by atoms with Gasteiger partial charge in [0.15, 0.2) is 0 Å². The van der Waals surface area contributed by atoms with Crippen LogP contribution in [-0.4, -0.2) is 32.7 Å². The Labute approximate surface area is 153 Å². The average Bonchev–Trinajstić information content (AvgIpc) is 2.67. The number of aliphatic hydroxyl groups excluding tert-OH is 1. The van der Waals surface area contributed by atoms with Gasteiger partial charge in [-0.25, -0.2) is 4.98 Å². The highest BCUT2D eigenvalue weighted by molar-refractivity contribution is 5.66. The largest absolute Gasteiger partial charge is 0.394 e. The third-order valence-electron chi connectivity index (χ3n) is 4.05. The molecular formula is C20H23N5O. The first-order valence-corrected chi connectivity index (χ1v) is 8.64. The Morgan fingerprint density at radius 3 is 2.50 bits per heavy atom. The van der Waals surface area contributed by atoms with Crippen molar-refractivity contribution in [1.82, 2.24) is 15.0 Å². The lowest BCUT2D eigenvalue weighted by Crippen LogP contribution is -2.30. The van der Waals surface area contributed by atoms with E-state index in [1.165, 1.54) is 0 Å². The number of benzene rings is 1. The van der Waals surface area contributed by atoms with Crippen molar-refractivity contribution in [3.63, 3.8) is 0 Å². The second-order valence-electron chi connectivity index (χ2n) is 6.37. The van der Waals surface area contributed by atoms with Crippen LogP contribution in [-0.2, 0) is 0 Å². The summed E-state index contributed by atoms with van der Waals surface area (Å²) >= 11 is 0. The lowest BCUT2D eigenvalue weighted by Gasteiger charge is -2.20. The minimum Gasteiger partial charge on any atom is -0.394 e. The normalized spacial score (nSPS) is 12.0. The molecule has 0 fully saturated rings. The van der Waals surface area contributed by atoms with Gasteiger partial charge in [0.25, 0.3) is 0 Å². The molecule has 0 amide bonds. The second-order valence-corrected chi connectivity index (χ2v) is 6.37. The van der Waals surface area contributed by atoms with Crippen LogP contribution in [0, 0.1) is 5.92 Å². The first kappa shape index (κ1) is 17.8. The highest BCUT2D eigenvalue weighted by atomic mass is 16.3. The molecule has 0 saturated heterocycles. The fourth-order valence-corrected chi connectivity index (χ4v) is 2.50. The number of nitrogens with zero attached hydrogens (tertiary/aromatic N) is 3. The second kappa shape index (κ2) is 8.40. The van der Waals surface area contributed by atoms with Crippen molar-refractivity contribution < 1.29 is 5.11 Å². The van der Waals surface area contributed by atoms with E-state index in [4.69, 9.17) is 0 Å². The van der Waals surface area contributed by atoms with Gasteiger partial charge in [0.2, 0.25) is 5.95 Å². The summed E-state index contributed by atoms with van der Waals surface area (Å²) in [7, 11) is 0. The molecule has 1 aromatic carbocycles. The third kappa shape index (κ3) is 4.55. The zero-order valence-electron chi connectivity index (χ0n) is 14.9. The Balaban J connectivity index is 1.96. The van der Waals surface area contributed by atoms with E-state index in [1.807, 2.05) is 62.4 Å². The number of aliphatic hydroxyl groups is 1. The minimum absolute atomic E-state index is 0.0135. The Morgan fingerprint density at radius 1 is 1.04 bits per heavy atom. The van der Waals surface area contributed by atoms with Gasteiger partial charge in [-0.2, -0.15) is 4.98 Å². The maximum Gasteiger partial charge on any atom is 0.225 e. The average molecular weight is 349 g/mol. The van der Waals surface area contributed by atoms with Gasteiger partial charge >= 0.3 is 0 Å². The number of anilines is 3. The number of para-hydroxylation sites is 1. The lowest BCUT2D eigenvalue weighted by molar-refractivity contribution is 0.248. The summed E-state index contributed by atoms with van der Waals surface area (Å²) in [4.78, 5) is 13.3. The molecule has 0 unspecified atom stereocenters. The predicted octanol–water partition coefficient (Wildman–Crippen LogP) is 3.71. The molecule has 0 spiro atoms. The number of nitrogens with one attached hydrogen (secondary N) is 2. The number of hydrogen-bond donors (Lipinski definition) is 3. The van der Waals surface area contributed by atoms with Crippen molar-refractivity contribution in [2.24, 2.45) is 5.92 Å². The summed E-state index contributed by atoms with van der Waals surface area (Å²) in [5.74, 6) is 1.39. The monoisotopic (exact) mass is 349 g/mol. The van der Waals surface area contributed by atoms with E-state index in [1.54, 1.807) is 12.4 Å². The Bertz CT molecular complexity index is 824. The van der Waals surface area contributed by atoms with Gasteiger partial charge in [0.05, 0.1) is 18.3 Å². The van der Waals surface area contributed by atoms with Crippen LogP contribution in [0.25, 0.3) is 11.3 Å². The van der Waals surface area contributed by atoms with Crippen molar-refractivity contribution >= 4 is 17.5 Å². The number of rotatable bonds is 7.